The number of nitrogens with zero attached hydrogens (tertiary/aromatic N) is 2. The lowest BCUT2D eigenvalue weighted by atomic mass is 10.0. The van der Waals surface area contributed by atoms with Gasteiger partial charge in [-0.1, -0.05) is 30.3 Å². The van der Waals surface area contributed by atoms with Crippen LogP contribution in [0.5, 0.6) is 0 Å². The highest BCUT2D eigenvalue weighted by Gasteiger charge is 2.26. The molecule has 4 rings (SSSR count). The number of likely N-dealkylation sites (tertiary alicyclic amines) is 1. The highest BCUT2D eigenvalue weighted by Crippen LogP contribution is 2.27. The Morgan fingerprint density at radius 2 is 1.80 bits per heavy atom. The Bertz CT molecular complexity index is 1070. The fourth-order valence-corrected chi connectivity index (χ4v) is 4.43. The average molecular weight is 424 g/mol. The standard InChI is InChI=1S/C23H22FN3O2S/c1-15-6-2-3-7-17(15)21(28)25-16-10-12-27(13-11-16)23(29)20-14-30-22(26-20)18-8-4-5-9-19(18)24/h2-9,14,16H,10-13H2,1H3,(H,25,28). The molecule has 154 valence electrons. The van der Waals surface area contributed by atoms with Gasteiger partial charge in [0.1, 0.15) is 16.5 Å². The molecule has 0 aliphatic carbocycles. The summed E-state index contributed by atoms with van der Waals surface area (Å²) in [6, 6.07) is 13.9. The monoisotopic (exact) mass is 423 g/mol. The van der Waals surface area contributed by atoms with Crippen LogP contribution in [0.4, 0.5) is 4.39 Å². The molecular formula is C23H22FN3O2S. The summed E-state index contributed by atoms with van der Waals surface area (Å²) in [6.07, 6.45) is 1.38. The van der Waals surface area contributed by atoms with Gasteiger partial charge in [-0.3, -0.25) is 9.59 Å². The van der Waals surface area contributed by atoms with Gasteiger partial charge in [0.25, 0.3) is 11.8 Å². The molecule has 0 bridgehead atoms. The molecule has 1 aliphatic rings. The number of halogens is 1. The first kappa shape index (κ1) is 20.2. The molecule has 0 saturated carbocycles. The molecule has 0 atom stereocenters. The number of hydrogen-bond donors (Lipinski definition) is 1. The van der Waals surface area contributed by atoms with Crippen LogP contribution in [0, 0.1) is 12.7 Å². The quantitative estimate of drug-likeness (QED) is 0.681. The number of rotatable bonds is 4. The lowest BCUT2D eigenvalue weighted by Gasteiger charge is -2.32. The largest absolute Gasteiger partial charge is 0.349 e. The Hall–Kier alpha value is -3.06. The zero-order valence-electron chi connectivity index (χ0n) is 16.6. The van der Waals surface area contributed by atoms with Crippen molar-refractivity contribution in [2.75, 3.05) is 13.1 Å². The van der Waals surface area contributed by atoms with Crippen molar-refractivity contribution in [3.05, 3.63) is 76.5 Å². The average Bonchev–Trinajstić information content (AvgIpc) is 3.24. The Balaban J connectivity index is 1.35. The molecule has 0 radical (unpaired) electrons. The summed E-state index contributed by atoms with van der Waals surface area (Å²) in [7, 11) is 0. The van der Waals surface area contributed by atoms with Crippen molar-refractivity contribution in [3.63, 3.8) is 0 Å². The second-order valence-electron chi connectivity index (χ2n) is 7.37. The summed E-state index contributed by atoms with van der Waals surface area (Å²) in [4.78, 5) is 31.4. The molecule has 1 N–H and O–H groups in total. The summed E-state index contributed by atoms with van der Waals surface area (Å²) in [6.45, 7) is 3.01. The zero-order chi connectivity index (χ0) is 21.1. The smallest absolute Gasteiger partial charge is 0.273 e. The van der Waals surface area contributed by atoms with Crippen LogP contribution in [0.15, 0.2) is 53.9 Å². The van der Waals surface area contributed by atoms with Gasteiger partial charge in [0, 0.05) is 35.6 Å². The van der Waals surface area contributed by atoms with Crippen LogP contribution in [-0.4, -0.2) is 40.8 Å². The van der Waals surface area contributed by atoms with E-state index in [4.69, 9.17) is 0 Å². The molecule has 2 amide bonds. The van der Waals surface area contributed by atoms with E-state index in [9.17, 15) is 14.0 Å². The number of benzene rings is 2. The molecule has 1 aliphatic heterocycles. The molecule has 1 saturated heterocycles. The van der Waals surface area contributed by atoms with Crippen LogP contribution in [0.25, 0.3) is 10.6 Å². The van der Waals surface area contributed by atoms with Gasteiger partial charge in [-0.15, -0.1) is 11.3 Å². The van der Waals surface area contributed by atoms with Crippen molar-refractivity contribution in [1.82, 2.24) is 15.2 Å². The number of aryl methyl sites for hydroxylation is 1. The van der Waals surface area contributed by atoms with Crippen LogP contribution >= 0.6 is 11.3 Å². The van der Waals surface area contributed by atoms with Crippen molar-refractivity contribution >= 4 is 23.2 Å². The summed E-state index contributed by atoms with van der Waals surface area (Å²) < 4.78 is 14.0. The Morgan fingerprint density at radius 3 is 2.53 bits per heavy atom. The van der Waals surface area contributed by atoms with E-state index >= 15 is 0 Å². The third kappa shape index (κ3) is 4.26. The van der Waals surface area contributed by atoms with Crippen molar-refractivity contribution in [3.8, 4) is 10.6 Å². The molecular weight excluding hydrogens is 401 g/mol. The SMILES string of the molecule is Cc1ccccc1C(=O)NC1CCN(C(=O)c2csc(-c3ccccc3F)n2)CC1. The fourth-order valence-electron chi connectivity index (χ4n) is 3.61. The van der Waals surface area contributed by atoms with Crippen LogP contribution in [-0.2, 0) is 0 Å². The van der Waals surface area contributed by atoms with E-state index in [0.29, 0.717) is 47.8 Å². The first-order chi connectivity index (χ1) is 14.5. The molecule has 2 heterocycles. The number of thiazole rings is 1. The van der Waals surface area contributed by atoms with E-state index in [-0.39, 0.29) is 23.7 Å². The van der Waals surface area contributed by atoms with E-state index in [1.54, 1.807) is 28.5 Å². The molecule has 2 aromatic carbocycles. The Kier molecular flexibility index (Phi) is 5.90. The first-order valence-corrected chi connectivity index (χ1v) is 10.8. The maximum atomic E-state index is 14.0. The predicted octanol–water partition coefficient (Wildman–Crippen LogP) is 4.29. The van der Waals surface area contributed by atoms with E-state index < -0.39 is 0 Å². The fraction of sp³-hybridized carbons (Fsp3) is 0.261. The van der Waals surface area contributed by atoms with Crippen molar-refractivity contribution in [2.24, 2.45) is 0 Å². The number of hydrogen-bond acceptors (Lipinski definition) is 4. The van der Waals surface area contributed by atoms with Crippen LogP contribution in [0.2, 0.25) is 0 Å². The summed E-state index contributed by atoms with van der Waals surface area (Å²) in [5.74, 6) is -0.583. The normalized spacial score (nSPS) is 14.5. The molecule has 5 nitrogen and oxygen atoms in total. The third-order valence-electron chi connectivity index (χ3n) is 5.33. The lowest BCUT2D eigenvalue weighted by molar-refractivity contribution is 0.0693. The maximum Gasteiger partial charge on any atom is 0.273 e. The van der Waals surface area contributed by atoms with Gasteiger partial charge in [0.2, 0.25) is 0 Å². The third-order valence-corrected chi connectivity index (χ3v) is 6.21. The van der Waals surface area contributed by atoms with Crippen LogP contribution in [0.1, 0.15) is 39.3 Å². The zero-order valence-corrected chi connectivity index (χ0v) is 17.4. The minimum Gasteiger partial charge on any atom is -0.349 e. The first-order valence-electron chi connectivity index (χ1n) is 9.89. The number of nitrogens with one attached hydrogen (secondary N) is 1. The Morgan fingerprint density at radius 1 is 1.10 bits per heavy atom. The van der Waals surface area contributed by atoms with E-state index in [1.807, 2.05) is 31.2 Å². The minimum atomic E-state index is -0.351. The molecule has 3 aromatic rings. The van der Waals surface area contributed by atoms with Gasteiger partial charge in [-0.05, 0) is 43.5 Å². The molecule has 1 fully saturated rings. The number of piperidine rings is 1. The minimum absolute atomic E-state index is 0.0329. The van der Waals surface area contributed by atoms with E-state index in [0.717, 1.165) is 5.56 Å². The molecule has 0 spiro atoms. The second-order valence-corrected chi connectivity index (χ2v) is 8.23. The molecule has 0 unspecified atom stereocenters. The number of carbonyl (C=O) groups excluding carboxylic acids is 2. The van der Waals surface area contributed by atoms with Gasteiger partial charge in [-0.25, -0.2) is 9.37 Å². The maximum absolute atomic E-state index is 14.0. The van der Waals surface area contributed by atoms with E-state index in [1.165, 1.54) is 17.4 Å². The van der Waals surface area contributed by atoms with Gasteiger partial charge in [-0.2, -0.15) is 0 Å². The van der Waals surface area contributed by atoms with Crippen molar-refractivity contribution in [1.29, 1.82) is 0 Å². The highest BCUT2D eigenvalue weighted by atomic mass is 32.1. The second kappa shape index (κ2) is 8.75. The van der Waals surface area contributed by atoms with E-state index in [2.05, 4.69) is 10.3 Å². The van der Waals surface area contributed by atoms with Crippen LogP contribution < -0.4 is 5.32 Å². The lowest BCUT2D eigenvalue weighted by Crippen LogP contribution is -2.46. The predicted molar refractivity (Wildman–Crippen MR) is 115 cm³/mol. The number of carbonyl (C=O) groups is 2. The summed E-state index contributed by atoms with van der Waals surface area (Å²) in [5.41, 5.74) is 2.36. The van der Waals surface area contributed by atoms with Crippen molar-refractivity contribution < 1.29 is 14.0 Å². The highest BCUT2D eigenvalue weighted by molar-refractivity contribution is 7.13. The summed E-state index contributed by atoms with van der Waals surface area (Å²) in [5, 5.41) is 5.25. The molecule has 1 aromatic heterocycles. The number of amides is 2. The van der Waals surface area contributed by atoms with Crippen LogP contribution in [0.3, 0.4) is 0 Å². The molecule has 30 heavy (non-hydrogen) atoms. The van der Waals surface area contributed by atoms with Gasteiger partial charge < -0.3 is 10.2 Å². The van der Waals surface area contributed by atoms with Crippen molar-refractivity contribution in [2.45, 2.75) is 25.8 Å². The number of aromatic nitrogens is 1. The Labute approximate surface area is 178 Å². The molecule has 7 heteroatoms. The topological polar surface area (TPSA) is 62.3 Å². The summed E-state index contributed by atoms with van der Waals surface area (Å²) >= 11 is 1.26. The van der Waals surface area contributed by atoms with Gasteiger partial charge in [0.05, 0.1) is 0 Å². The van der Waals surface area contributed by atoms with Gasteiger partial charge in [0.15, 0.2) is 0 Å². The van der Waals surface area contributed by atoms with Gasteiger partial charge >= 0.3 is 0 Å².